The molecule has 7 rings (SSSR count). The SMILES string of the molecule is COc1ccc2c(O[C@@H]3C[C@H]4C(=O)N[C@]5(C(=O)NS(=O)(=O)C6CC6)C[C@H]5/C=C\CCCCC[C@H](CC(=O)OC(C)(C)C)C(=O)N4C3)cc(-c3ccccn3)nc2c1Cl. The Kier molecular flexibility index (Phi) is 11.8. The molecule has 16 heteroatoms. The molecule has 3 amide bonds. The Labute approximate surface area is 343 Å². The number of carbonyl (C=O) groups excluding carboxylic acids is 4. The van der Waals surface area contributed by atoms with E-state index in [0.29, 0.717) is 65.9 Å². The Morgan fingerprint density at radius 3 is 2.55 bits per heavy atom. The second-order valence-electron chi connectivity index (χ2n) is 16.7. The average molecular weight is 836 g/mol. The number of hydrogen-bond acceptors (Lipinski definition) is 11. The minimum Gasteiger partial charge on any atom is -0.495 e. The average Bonchev–Trinajstić information content (AvgIpc) is 4.10. The van der Waals surface area contributed by atoms with Crippen LogP contribution in [0.3, 0.4) is 0 Å². The zero-order valence-electron chi connectivity index (χ0n) is 33.2. The molecule has 0 unspecified atom stereocenters. The zero-order chi connectivity index (χ0) is 41.4. The molecule has 3 fully saturated rings. The first kappa shape index (κ1) is 41.4. The molecule has 58 heavy (non-hydrogen) atoms. The highest BCUT2D eigenvalue weighted by Gasteiger charge is 2.62. The zero-order valence-corrected chi connectivity index (χ0v) is 34.7. The quantitative estimate of drug-likeness (QED) is 0.201. The summed E-state index contributed by atoms with van der Waals surface area (Å²) in [6.45, 7) is 5.26. The van der Waals surface area contributed by atoms with Gasteiger partial charge in [-0.1, -0.05) is 42.7 Å². The van der Waals surface area contributed by atoms with E-state index in [1.807, 2.05) is 18.2 Å². The second-order valence-corrected chi connectivity index (χ2v) is 19.0. The predicted molar refractivity (Wildman–Crippen MR) is 216 cm³/mol. The molecule has 4 heterocycles. The molecule has 0 spiro atoms. The van der Waals surface area contributed by atoms with Gasteiger partial charge in [0.15, 0.2) is 0 Å². The maximum Gasteiger partial charge on any atom is 0.307 e. The number of nitrogens with zero attached hydrogens (tertiary/aromatic N) is 3. The van der Waals surface area contributed by atoms with Crippen molar-refractivity contribution in [3.05, 3.63) is 59.8 Å². The van der Waals surface area contributed by atoms with E-state index in [0.717, 1.165) is 12.8 Å². The Hall–Kier alpha value is -4.76. The molecule has 0 bridgehead atoms. The number of hydrogen-bond donors (Lipinski definition) is 2. The van der Waals surface area contributed by atoms with Gasteiger partial charge < -0.3 is 24.4 Å². The number of methoxy groups -OCH3 is 1. The van der Waals surface area contributed by atoms with E-state index in [1.54, 1.807) is 57.3 Å². The molecule has 2 aromatic heterocycles. The molecule has 2 aliphatic heterocycles. The summed E-state index contributed by atoms with van der Waals surface area (Å²) in [6, 6.07) is 9.50. The van der Waals surface area contributed by atoms with Crippen molar-refractivity contribution in [3.63, 3.8) is 0 Å². The number of ether oxygens (including phenoxy) is 3. The largest absolute Gasteiger partial charge is 0.495 e. The molecular formula is C42H50ClN5O9S. The van der Waals surface area contributed by atoms with Gasteiger partial charge in [0.05, 0.1) is 42.2 Å². The highest BCUT2D eigenvalue weighted by atomic mass is 35.5. The summed E-state index contributed by atoms with van der Waals surface area (Å²) in [4.78, 5) is 67.0. The molecule has 4 aliphatic rings. The number of nitrogens with one attached hydrogen (secondary N) is 2. The lowest BCUT2D eigenvalue weighted by Crippen LogP contribution is -2.57. The van der Waals surface area contributed by atoms with Gasteiger partial charge in [0.2, 0.25) is 21.8 Å². The van der Waals surface area contributed by atoms with E-state index in [9.17, 15) is 27.6 Å². The number of amides is 3. The summed E-state index contributed by atoms with van der Waals surface area (Å²) in [5, 5.41) is 3.09. The number of carbonyl (C=O) groups is 4. The molecule has 1 aromatic carbocycles. The van der Waals surface area contributed by atoms with E-state index in [1.165, 1.54) is 12.0 Å². The predicted octanol–water partition coefficient (Wildman–Crippen LogP) is 5.66. The van der Waals surface area contributed by atoms with Gasteiger partial charge in [-0.15, -0.1) is 0 Å². The fourth-order valence-electron chi connectivity index (χ4n) is 7.85. The molecule has 2 aliphatic carbocycles. The van der Waals surface area contributed by atoms with Crippen LogP contribution >= 0.6 is 11.6 Å². The highest BCUT2D eigenvalue weighted by molar-refractivity contribution is 7.91. The van der Waals surface area contributed by atoms with Crippen LogP contribution < -0.4 is 19.5 Å². The number of rotatable bonds is 9. The Morgan fingerprint density at radius 2 is 1.84 bits per heavy atom. The van der Waals surface area contributed by atoms with E-state index < -0.39 is 74.1 Å². The molecule has 1 saturated heterocycles. The van der Waals surface area contributed by atoms with Crippen molar-refractivity contribution in [2.24, 2.45) is 11.8 Å². The lowest BCUT2D eigenvalue weighted by molar-refractivity contribution is -0.159. The van der Waals surface area contributed by atoms with Crippen LogP contribution in [0.15, 0.2) is 54.7 Å². The molecule has 5 atom stereocenters. The number of benzene rings is 1. The van der Waals surface area contributed by atoms with Crippen LogP contribution in [0.4, 0.5) is 0 Å². The van der Waals surface area contributed by atoms with Crippen molar-refractivity contribution in [1.29, 1.82) is 0 Å². The fourth-order valence-corrected chi connectivity index (χ4v) is 9.50. The number of halogens is 1. The minimum absolute atomic E-state index is 0.0209. The first-order chi connectivity index (χ1) is 27.6. The fraction of sp³-hybridized carbons (Fsp3) is 0.524. The van der Waals surface area contributed by atoms with Crippen molar-refractivity contribution in [2.45, 2.75) is 114 Å². The Morgan fingerprint density at radius 1 is 1.05 bits per heavy atom. The van der Waals surface area contributed by atoms with E-state index in [2.05, 4.69) is 15.0 Å². The third-order valence-electron chi connectivity index (χ3n) is 11.1. The minimum atomic E-state index is -3.91. The summed E-state index contributed by atoms with van der Waals surface area (Å²) in [6.07, 6.45) is 9.05. The van der Waals surface area contributed by atoms with Crippen LogP contribution in [-0.2, 0) is 33.9 Å². The van der Waals surface area contributed by atoms with Crippen molar-refractivity contribution in [2.75, 3.05) is 13.7 Å². The van der Waals surface area contributed by atoms with E-state index in [-0.39, 0.29) is 30.8 Å². The number of fused-ring (bicyclic) bond motifs is 3. The molecular weight excluding hydrogens is 786 g/mol. The molecule has 2 saturated carbocycles. The van der Waals surface area contributed by atoms with Gasteiger partial charge in [0, 0.05) is 35.9 Å². The van der Waals surface area contributed by atoms with Gasteiger partial charge >= 0.3 is 5.97 Å². The first-order valence-electron chi connectivity index (χ1n) is 19.9. The van der Waals surface area contributed by atoms with Gasteiger partial charge in [-0.3, -0.25) is 28.9 Å². The van der Waals surface area contributed by atoms with Crippen LogP contribution in [0.2, 0.25) is 5.02 Å². The smallest absolute Gasteiger partial charge is 0.307 e. The van der Waals surface area contributed by atoms with Gasteiger partial charge in [0.25, 0.3) is 5.91 Å². The van der Waals surface area contributed by atoms with Crippen LogP contribution in [0.1, 0.15) is 85.0 Å². The van der Waals surface area contributed by atoms with Crippen LogP contribution in [-0.4, -0.2) is 89.2 Å². The normalized spacial score (nSPS) is 26.0. The van der Waals surface area contributed by atoms with Crippen LogP contribution in [0.5, 0.6) is 11.5 Å². The third-order valence-corrected chi connectivity index (χ3v) is 13.3. The van der Waals surface area contributed by atoms with Crippen molar-refractivity contribution in [1.82, 2.24) is 24.9 Å². The van der Waals surface area contributed by atoms with Gasteiger partial charge in [-0.2, -0.15) is 0 Å². The van der Waals surface area contributed by atoms with Crippen molar-refractivity contribution >= 4 is 56.2 Å². The summed E-state index contributed by atoms with van der Waals surface area (Å²) in [5.41, 5.74) is -0.849. The second kappa shape index (κ2) is 16.5. The summed E-state index contributed by atoms with van der Waals surface area (Å²) >= 11 is 6.79. The molecule has 310 valence electrons. The monoisotopic (exact) mass is 835 g/mol. The van der Waals surface area contributed by atoms with E-state index in [4.69, 9.17) is 30.8 Å². The number of aromatic nitrogens is 2. The Balaban J connectivity index is 1.24. The summed E-state index contributed by atoms with van der Waals surface area (Å²) < 4.78 is 45.9. The lowest BCUT2D eigenvalue weighted by atomic mass is 9.95. The first-order valence-corrected chi connectivity index (χ1v) is 21.8. The van der Waals surface area contributed by atoms with Gasteiger partial charge in [-0.05, 0) is 83.6 Å². The standard InChI is InChI=1S/C42H50ClN5O9S/c1-41(2,3)57-35(49)20-25-12-8-6-5-7-9-13-26-23-42(26,40(52)47-58(53,54)28-15-16-28)46-38(50)32-21-27(24-48(32)39(25)51)56-34-22-31(30-14-10-11-19-44-30)45-37-29(34)17-18-33(55-4)36(37)43/h9-11,13-14,17-19,22,25-28,32H,5-8,12,15-16,20-21,23-24H2,1-4H3,(H,46,50)(H,47,52)/b13-9-/t25-,26-,27-,32+,42-/m1/s1. The number of allylic oxidation sites excluding steroid dienone is 1. The maximum absolute atomic E-state index is 14.7. The molecule has 3 aromatic rings. The number of esters is 1. The molecule has 14 nitrogen and oxygen atoms in total. The summed E-state index contributed by atoms with van der Waals surface area (Å²) in [7, 11) is -2.41. The molecule has 0 radical (unpaired) electrons. The lowest BCUT2D eigenvalue weighted by Gasteiger charge is -2.30. The summed E-state index contributed by atoms with van der Waals surface area (Å²) in [5.74, 6) is -2.79. The van der Waals surface area contributed by atoms with Crippen molar-refractivity contribution in [3.8, 4) is 22.9 Å². The van der Waals surface area contributed by atoms with Crippen LogP contribution in [0.25, 0.3) is 22.3 Å². The van der Waals surface area contributed by atoms with Gasteiger partial charge in [-0.25, -0.2) is 13.4 Å². The number of pyridine rings is 2. The highest BCUT2D eigenvalue weighted by Crippen LogP contribution is 2.46. The van der Waals surface area contributed by atoms with Gasteiger partial charge in [0.1, 0.15) is 39.8 Å². The maximum atomic E-state index is 14.7. The Bertz CT molecular complexity index is 2230. The number of sulfonamides is 1. The topological polar surface area (TPSA) is 183 Å². The van der Waals surface area contributed by atoms with Crippen LogP contribution in [0, 0.1) is 11.8 Å². The van der Waals surface area contributed by atoms with Crippen molar-refractivity contribution < 1.29 is 41.8 Å². The molecule has 2 N–H and O–H groups in total. The van der Waals surface area contributed by atoms with E-state index >= 15 is 0 Å². The third kappa shape index (κ3) is 9.10.